The number of anilines is 1. The molecule has 0 bridgehead atoms. The molecule has 3 N–H and O–H groups in total. The summed E-state index contributed by atoms with van der Waals surface area (Å²) in [6, 6.07) is 10.0. The van der Waals surface area contributed by atoms with Gasteiger partial charge in [-0.3, -0.25) is 24.0 Å². The number of hydrogen-bond donors (Lipinski definition) is 3. The summed E-state index contributed by atoms with van der Waals surface area (Å²) in [4.78, 5) is 94.1. The average molecular weight is 1250 g/mol. The van der Waals surface area contributed by atoms with E-state index in [2.05, 4.69) is 62.1 Å². The molecule has 20 nitrogen and oxygen atoms in total. The van der Waals surface area contributed by atoms with Gasteiger partial charge in [-0.25, -0.2) is 9.97 Å². The van der Waals surface area contributed by atoms with E-state index in [-0.39, 0.29) is 84.9 Å². The molecular weight excluding hydrogens is 1160 g/mol. The number of amides is 2. The van der Waals surface area contributed by atoms with Crippen LogP contribution in [0.1, 0.15) is 148 Å². The van der Waals surface area contributed by atoms with E-state index in [4.69, 9.17) is 50.2 Å². The number of esters is 1. The molecule has 88 heavy (non-hydrogen) atoms. The minimum atomic E-state index is -1.20. The number of carboxylic acid groups (broad SMARTS) is 1. The predicted molar refractivity (Wildman–Crippen MR) is 335 cm³/mol. The molecule has 0 radical (unpaired) electrons. The fourth-order valence-corrected chi connectivity index (χ4v) is 15.0. The standard InChI is InChI=1S/C44H53N5O8S.C22H28ClN3O4/c1-26(2)45-42-47-36(24-58-42)34-19-32(31-16-15-30(55-3)18-33(31)46-34)35-21-43(57-48-35)22-37-38(50)23-44(41(53)54)20-28(44)12-8-6-4-5-7-11-27(40(52)49(37)25-43)17-39(51)56-29-13-9-10-14-29;1-12-16-10-22(11-26(16)20(27)19(24-12)21(2,3)4)9-15(25-30-22)13-7-14(23)18(29-6)8-17(13)28-5/h8,12,15-16,18-19,24,26-29,37H,4-7,9-11,13-14,17,20-23,25H2,1-3H3,(H,45,47)(H,53,54);7-8,16,19,24H,1,9-11H2,2-6H3/b12-8-;/t27?,28-,37+,43?,44-;16?,19-,22-/m11/s1. The molecule has 2 aromatic carbocycles. The van der Waals surface area contributed by atoms with Gasteiger partial charge >= 0.3 is 11.9 Å². The monoisotopic (exact) mass is 1240 g/mol. The number of nitrogens with one attached hydrogen (secondary N) is 2. The van der Waals surface area contributed by atoms with Gasteiger partial charge in [-0.1, -0.05) is 74.3 Å². The van der Waals surface area contributed by atoms with Crippen LogP contribution < -0.4 is 24.8 Å². The number of carbonyl (C=O) groups is 5. The normalized spacial score (nSPS) is 28.3. The molecule has 5 fully saturated rings. The van der Waals surface area contributed by atoms with Gasteiger partial charge in [0.05, 0.1) is 86.0 Å². The molecule has 2 saturated carbocycles. The molecule has 8 atom stereocenters. The van der Waals surface area contributed by atoms with Crippen LogP contribution in [0.5, 0.6) is 17.2 Å². The van der Waals surface area contributed by atoms with Crippen molar-refractivity contribution in [2.45, 2.75) is 179 Å². The van der Waals surface area contributed by atoms with Crippen molar-refractivity contribution in [3.8, 4) is 28.6 Å². The summed E-state index contributed by atoms with van der Waals surface area (Å²) in [5, 5.41) is 30.2. The maximum absolute atomic E-state index is 14.8. The van der Waals surface area contributed by atoms with E-state index in [0.717, 1.165) is 84.4 Å². The van der Waals surface area contributed by atoms with Gasteiger partial charge < -0.3 is 54.2 Å². The van der Waals surface area contributed by atoms with Crippen LogP contribution in [-0.4, -0.2) is 142 Å². The second kappa shape index (κ2) is 25.0. The van der Waals surface area contributed by atoms with E-state index in [9.17, 15) is 29.1 Å². The molecule has 8 aliphatic rings. The lowest BCUT2D eigenvalue weighted by Gasteiger charge is -2.42. The smallest absolute Gasteiger partial charge is 0.310 e. The van der Waals surface area contributed by atoms with Crippen LogP contribution in [0.2, 0.25) is 5.02 Å². The van der Waals surface area contributed by atoms with Crippen LogP contribution in [0.3, 0.4) is 0 Å². The van der Waals surface area contributed by atoms with Crippen LogP contribution in [0, 0.1) is 22.7 Å². The highest BCUT2D eigenvalue weighted by atomic mass is 35.5. The van der Waals surface area contributed by atoms with Crippen molar-refractivity contribution in [2.24, 2.45) is 33.0 Å². The first-order valence-electron chi connectivity index (χ1n) is 30.9. The lowest BCUT2D eigenvalue weighted by atomic mass is 9.83. The quantitative estimate of drug-likeness (QED) is 0.0882. The number of fused-ring (bicyclic) bond motifs is 4. The lowest BCUT2D eigenvalue weighted by molar-refractivity contribution is -0.154. The van der Waals surface area contributed by atoms with Gasteiger partial charge in [0.15, 0.2) is 22.1 Å². The summed E-state index contributed by atoms with van der Waals surface area (Å²) in [6.07, 6.45) is 13.1. The number of ether oxygens (including phenoxy) is 4. The summed E-state index contributed by atoms with van der Waals surface area (Å²) in [6.45, 7) is 15.0. The number of oxime groups is 2. The zero-order valence-electron chi connectivity index (χ0n) is 51.6. The van der Waals surface area contributed by atoms with Crippen molar-refractivity contribution in [3.63, 3.8) is 0 Å². The number of aliphatic carboxylic acids is 1. The van der Waals surface area contributed by atoms with Crippen LogP contribution in [0.4, 0.5) is 5.13 Å². The van der Waals surface area contributed by atoms with E-state index < -0.39 is 34.5 Å². The maximum atomic E-state index is 14.8. The van der Waals surface area contributed by atoms with E-state index in [0.29, 0.717) is 83.5 Å². The minimum Gasteiger partial charge on any atom is -0.497 e. The zero-order chi connectivity index (χ0) is 62.5. The highest BCUT2D eigenvalue weighted by molar-refractivity contribution is 7.14. The van der Waals surface area contributed by atoms with Crippen molar-refractivity contribution in [3.05, 3.63) is 82.4 Å². The number of aromatic nitrogens is 2. The Morgan fingerprint density at radius 2 is 1.51 bits per heavy atom. The van der Waals surface area contributed by atoms with Crippen molar-refractivity contribution in [2.75, 3.05) is 39.7 Å². The summed E-state index contributed by atoms with van der Waals surface area (Å²) < 4.78 is 22.2. The number of allylic oxidation sites excluding steroid dienone is 2. The van der Waals surface area contributed by atoms with Crippen molar-refractivity contribution < 1.29 is 57.7 Å². The van der Waals surface area contributed by atoms with Crippen LogP contribution in [0.15, 0.2) is 76.5 Å². The Morgan fingerprint density at radius 3 is 2.18 bits per heavy atom. The molecule has 3 unspecified atom stereocenters. The van der Waals surface area contributed by atoms with Crippen molar-refractivity contribution >= 4 is 79.9 Å². The number of piperazine rings is 1. The fourth-order valence-electron chi connectivity index (χ4n) is 13.9. The van der Waals surface area contributed by atoms with Gasteiger partial charge in [0.1, 0.15) is 35.1 Å². The van der Waals surface area contributed by atoms with E-state index in [1.807, 2.05) is 46.7 Å². The second-order valence-electron chi connectivity index (χ2n) is 26.6. The SMILES string of the molecule is C=C1N[C@@H](C(C)(C)C)C(=O)N2C[C@@]3(CC(c4cc(Cl)c(OC)cc4OC)=NO3)CC12.COc1ccc2c(C3=NOC4(C3)C[C@H]3C(=O)C[C@]5(C(=O)O)C[C@H]5/C=C\CCCCCC(CC(=O)OC5CCCC5)C(=O)N3C4)cc(-c3csc(NC(C)C)n3)nc2c1. The molecule has 22 heteroatoms. The fraction of sp³-hybridized carbons (Fsp3) is 0.561. The van der Waals surface area contributed by atoms with Gasteiger partial charge in [0.2, 0.25) is 11.8 Å². The summed E-state index contributed by atoms with van der Waals surface area (Å²) >= 11 is 7.83. The molecule has 8 heterocycles. The third kappa shape index (κ3) is 12.7. The lowest BCUT2D eigenvalue weighted by Crippen LogP contribution is -2.60. The Labute approximate surface area is 522 Å². The molecular formula is C66H81ClN8O12S. The minimum absolute atomic E-state index is 0.0658. The number of carbonyl (C=O) groups excluding carboxylic acids is 4. The summed E-state index contributed by atoms with van der Waals surface area (Å²) in [5.41, 5.74) is 2.80. The first-order valence-corrected chi connectivity index (χ1v) is 32.1. The number of hydrogen-bond acceptors (Lipinski definition) is 18. The molecule has 3 saturated heterocycles. The van der Waals surface area contributed by atoms with E-state index in [1.54, 1.807) is 38.4 Å². The van der Waals surface area contributed by atoms with Gasteiger partial charge in [-0.2, -0.15) is 0 Å². The highest BCUT2D eigenvalue weighted by Crippen LogP contribution is 2.57. The number of ketones is 1. The maximum Gasteiger partial charge on any atom is 0.310 e. The molecule has 4 aromatic rings. The number of Topliss-reactive ketones (excluding diaryl/α,β-unsaturated/α-hetero) is 1. The predicted octanol–water partition coefficient (Wildman–Crippen LogP) is 11.1. The first-order chi connectivity index (χ1) is 42.0. The van der Waals surface area contributed by atoms with Crippen molar-refractivity contribution in [1.82, 2.24) is 25.1 Å². The number of halogens is 1. The van der Waals surface area contributed by atoms with Crippen LogP contribution >= 0.6 is 22.9 Å². The van der Waals surface area contributed by atoms with Gasteiger partial charge in [0.25, 0.3) is 0 Å². The van der Waals surface area contributed by atoms with Crippen LogP contribution in [0.25, 0.3) is 22.3 Å². The van der Waals surface area contributed by atoms with E-state index in [1.165, 1.54) is 11.3 Å². The molecule has 470 valence electrons. The third-order valence-electron chi connectivity index (χ3n) is 18.8. The molecule has 12 rings (SSSR count). The number of pyridine rings is 1. The Morgan fingerprint density at radius 1 is 0.830 bits per heavy atom. The topological polar surface area (TPSA) is 242 Å². The van der Waals surface area contributed by atoms with Gasteiger partial charge in [0, 0.05) is 83.8 Å². The Balaban J connectivity index is 0.000000223. The zero-order valence-corrected chi connectivity index (χ0v) is 53.2. The Bertz CT molecular complexity index is 3500. The Hall–Kier alpha value is -7.26. The van der Waals surface area contributed by atoms with Gasteiger partial charge in [-0.15, -0.1) is 11.3 Å². The number of thiazole rings is 1. The van der Waals surface area contributed by atoms with E-state index >= 15 is 0 Å². The number of benzene rings is 2. The number of carboxylic acids is 1. The molecule has 2 spiro atoms. The number of rotatable bonds is 12. The largest absolute Gasteiger partial charge is 0.497 e. The second-order valence-corrected chi connectivity index (χ2v) is 27.8. The summed E-state index contributed by atoms with van der Waals surface area (Å²) in [7, 11) is 4.76. The summed E-state index contributed by atoms with van der Waals surface area (Å²) in [5.74, 6) is -1.03. The average Bonchev–Trinajstić information content (AvgIpc) is 1.62. The first kappa shape index (κ1) is 62.4. The van der Waals surface area contributed by atoms with Crippen LogP contribution in [-0.2, 0) is 38.4 Å². The highest BCUT2D eigenvalue weighted by Gasteiger charge is 2.63. The molecule has 2 aromatic heterocycles. The van der Waals surface area contributed by atoms with Gasteiger partial charge in [-0.05, 0) is 101 Å². The number of nitrogens with zero attached hydrogens (tertiary/aromatic N) is 6. The Kier molecular flexibility index (Phi) is 17.7. The van der Waals surface area contributed by atoms with Crippen molar-refractivity contribution in [1.29, 1.82) is 0 Å². The third-order valence-corrected chi connectivity index (χ3v) is 19.8. The molecule has 2 aliphatic carbocycles. The molecule has 6 aliphatic heterocycles. The number of methoxy groups -OCH3 is 3. The molecule has 2 amide bonds.